The third-order valence-electron chi connectivity index (χ3n) is 6.78. The lowest BCUT2D eigenvalue weighted by molar-refractivity contribution is -0.132. The molecule has 3 amide bonds. The molecule has 0 spiro atoms. The summed E-state index contributed by atoms with van der Waals surface area (Å²) in [7, 11) is 0. The Morgan fingerprint density at radius 1 is 1.00 bits per heavy atom. The van der Waals surface area contributed by atoms with Gasteiger partial charge in [-0.2, -0.15) is 0 Å². The SMILES string of the molecule is O=C(Nc1nc2c(s1)CN(C(=O)CC(c1ccccc1)c1ccccc1)CC2)NC1CCCC1. The first kappa shape index (κ1) is 22.6. The van der Waals surface area contributed by atoms with Crippen LogP contribution in [0.15, 0.2) is 60.7 Å². The van der Waals surface area contributed by atoms with E-state index in [0.717, 1.165) is 34.5 Å². The van der Waals surface area contributed by atoms with Crippen molar-refractivity contribution < 1.29 is 9.59 Å². The van der Waals surface area contributed by atoms with E-state index in [9.17, 15) is 9.59 Å². The number of hydrogen-bond donors (Lipinski definition) is 2. The molecule has 1 saturated carbocycles. The van der Waals surface area contributed by atoms with Crippen molar-refractivity contribution in [2.45, 2.75) is 57.0 Å². The van der Waals surface area contributed by atoms with E-state index in [0.29, 0.717) is 31.1 Å². The zero-order chi connectivity index (χ0) is 23.3. The highest BCUT2D eigenvalue weighted by Crippen LogP contribution is 2.32. The van der Waals surface area contributed by atoms with Gasteiger partial charge in [0.2, 0.25) is 5.91 Å². The first-order valence-electron chi connectivity index (χ1n) is 12.1. The number of rotatable bonds is 6. The molecular weight excluding hydrogens is 444 g/mol. The van der Waals surface area contributed by atoms with Gasteiger partial charge in [0.15, 0.2) is 5.13 Å². The molecule has 34 heavy (non-hydrogen) atoms. The fourth-order valence-corrected chi connectivity index (χ4v) is 5.97. The number of anilines is 1. The Balaban J connectivity index is 1.24. The fourth-order valence-electron chi connectivity index (χ4n) is 4.95. The number of nitrogens with zero attached hydrogens (tertiary/aromatic N) is 2. The standard InChI is InChI=1S/C27H30N4O2S/c32-25(17-22(19-9-3-1-4-10-19)20-11-5-2-6-12-20)31-16-15-23-24(18-31)34-27(29-23)30-26(33)28-21-13-7-8-14-21/h1-6,9-12,21-22H,7-8,13-18H2,(H2,28,29,30,33). The molecule has 2 aliphatic rings. The van der Waals surface area contributed by atoms with Gasteiger partial charge in [-0.3, -0.25) is 10.1 Å². The largest absolute Gasteiger partial charge is 0.337 e. The van der Waals surface area contributed by atoms with E-state index >= 15 is 0 Å². The highest BCUT2D eigenvalue weighted by molar-refractivity contribution is 7.15. The Bertz CT molecular complexity index is 1090. The van der Waals surface area contributed by atoms with E-state index in [1.54, 1.807) is 0 Å². The number of nitrogens with one attached hydrogen (secondary N) is 2. The topological polar surface area (TPSA) is 74.3 Å². The molecule has 7 heteroatoms. The Hall–Kier alpha value is -3.19. The molecule has 5 rings (SSSR count). The average molecular weight is 475 g/mol. The molecule has 0 atom stereocenters. The molecule has 1 aliphatic carbocycles. The van der Waals surface area contributed by atoms with Crippen molar-refractivity contribution in [3.63, 3.8) is 0 Å². The first-order valence-corrected chi connectivity index (χ1v) is 12.9. The summed E-state index contributed by atoms with van der Waals surface area (Å²) in [5.74, 6) is 0.166. The van der Waals surface area contributed by atoms with E-state index in [-0.39, 0.29) is 23.9 Å². The van der Waals surface area contributed by atoms with Gasteiger partial charge in [0.05, 0.1) is 12.2 Å². The minimum atomic E-state index is -0.181. The van der Waals surface area contributed by atoms with Crippen LogP contribution in [0.3, 0.4) is 0 Å². The molecule has 176 valence electrons. The van der Waals surface area contributed by atoms with Gasteiger partial charge in [-0.1, -0.05) is 84.8 Å². The molecule has 1 fully saturated rings. The van der Waals surface area contributed by atoms with Gasteiger partial charge in [0, 0.05) is 36.2 Å². The van der Waals surface area contributed by atoms with E-state index in [4.69, 9.17) is 0 Å². The van der Waals surface area contributed by atoms with E-state index in [1.165, 1.54) is 24.2 Å². The lowest BCUT2D eigenvalue weighted by Crippen LogP contribution is -2.36. The van der Waals surface area contributed by atoms with Crippen LogP contribution in [0.25, 0.3) is 0 Å². The average Bonchev–Trinajstić information content (AvgIpc) is 3.52. The van der Waals surface area contributed by atoms with Crippen LogP contribution >= 0.6 is 11.3 Å². The van der Waals surface area contributed by atoms with E-state index in [1.807, 2.05) is 41.3 Å². The lowest BCUT2D eigenvalue weighted by Gasteiger charge is -2.28. The summed E-state index contributed by atoms with van der Waals surface area (Å²) in [5, 5.41) is 6.55. The Labute approximate surface area is 204 Å². The third-order valence-corrected chi connectivity index (χ3v) is 7.78. The second-order valence-electron chi connectivity index (χ2n) is 9.11. The van der Waals surface area contributed by atoms with Crippen molar-refractivity contribution in [2.24, 2.45) is 0 Å². The summed E-state index contributed by atoms with van der Waals surface area (Å²) < 4.78 is 0. The zero-order valence-corrected chi connectivity index (χ0v) is 20.0. The molecular formula is C27H30N4O2S. The number of aromatic nitrogens is 1. The maximum Gasteiger partial charge on any atom is 0.321 e. The summed E-state index contributed by atoms with van der Waals surface area (Å²) in [6.45, 7) is 1.20. The molecule has 2 heterocycles. The molecule has 2 aromatic carbocycles. The quantitative estimate of drug-likeness (QED) is 0.508. The second kappa shape index (κ2) is 10.4. The molecule has 0 saturated heterocycles. The third kappa shape index (κ3) is 5.30. The molecule has 0 unspecified atom stereocenters. The Morgan fingerprint density at radius 2 is 1.65 bits per heavy atom. The van der Waals surface area contributed by atoms with Crippen LogP contribution in [0.2, 0.25) is 0 Å². The molecule has 0 bridgehead atoms. The summed E-state index contributed by atoms with van der Waals surface area (Å²) in [5.41, 5.74) is 3.29. The molecule has 3 aromatic rings. The smallest absolute Gasteiger partial charge is 0.321 e. The number of fused-ring (bicyclic) bond motifs is 1. The molecule has 2 N–H and O–H groups in total. The first-order chi connectivity index (χ1) is 16.7. The van der Waals surface area contributed by atoms with E-state index < -0.39 is 0 Å². The second-order valence-corrected chi connectivity index (χ2v) is 10.2. The molecule has 0 radical (unpaired) electrons. The maximum absolute atomic E-state index is 13.4. The van der Waals surface area contributed by atoms with Gasteiger partial charge in [0.25, 0.3) is 0 Å². The molecule has 1 aromatic heterocycles. The summed E-state index contributed by atoms with van der Waals surface area (Å²) in [6, 6.07) is 20.6. The highest BCUT2D eigenvalue weighted by atomic mass is 32.1. The van der Waals surface area contributed by atoms with Crippen molar-refractivity contribution in [3.8, 4) is 0 Å². The monoisotopic (exact) mass is 474 g/mol. The molecule has 1 aliphatic heterocycles. The van der Waals surface area contributed by atoms with Crippen molar-refractivity contribution in [2.75, 3.05) is 11.9 Å². The van der Waals surface area contributed by atoms with Crippen molar-refractivity contribution in [1.29, 1.82) is 0 Å². The van der Waals surface area contributed by atoms with Crippen molar-refractivity contribution in [3.05, 3.63) is 82.4 Å². The number of carbonyl (C=O) groups excluding carboxylic acids is 2. The van der Waals surface area contributed by atoms with Gasteiger partial charge in [-0.05, 0) is 24.0 Å². The van der Waals surface area contributed by atoms with Gasteiger partial charge in [-0.15, -0.1) is 0 Å². The predicted molar refractivity (Wildman–Crippen MR) is 135 cm³/mol. The van der Waals surface area contributed by atoms with Crippen molar-refractivity contribution in [1.82, 2.24) is 15.2 Å². The number of urea groups is 1. The van der Waals surface area contributed by atoms with Gasteiger partial charge < -0.3 is 10.2 Å². The normalized spacial score (nSPS) is 15.9. The Kier molecular flexibility index (Phi) is 6.90. The minimum absolute atomic E-state index is 0.0225. The maximum atomic E-state index is 13.4. The number of hydrogen-bond acceptors (Lipinski definition) is 4. The van der Waals surface area contributed by atoms with Crippen LogP contribution in [-0.2, 0) is 17.8 Å². The summed E-state index contributed by atoms with van der Waals surface area (Å²) in [6.07, 6.45) is 5.59. The number of thiazole rings is 1. The summed E-state index contributed by atoms with van der Waals surface area (Å²) >= 11 is 1.48. The van der Waals surface area contributed by atoms with Crippen molar-refractivity contribution >= 4 is 28.4 Å². The van der Waals surface area contributed by atoms with Gasteiger partial charge >= 0.3 is 6.03 Å². The van der Waals surface area contributed by atoms with Crippen LogP contribution in [0.4, 0.5) is 9.93 Å². The van der Waals surface area contributed by atoms with Crippen LogP contribution in [0.5, 0.6) is 0 Å². The summed E-state index contributed by atoms with van der Waals surface area (Å²) in [4.78, 5) is 33.3. The van der Waals surface area contributed by atoms with Crippen LogP contribution < -0.4 is 10.6 Å². The number of benzene rings is 2. The lowest BCUT2D eigenvalue weighted by atomic mass is 9.88. The molecule has 6 nitrogen and oxygen atoms in total. The van der Waals surface area contributed by atoms with Gasteiger partial charge in [-0.25, -0.2) is 9.78 Å². The number of carbonyl (C=O) groups is 2. The minimum Gasteiger partial charge on any atom is -0.337 e. The number of amides is 3. The fraction of sp³-hybridized carbons (Fsp3) is 0.370. The van der Waals surface area contributed by atoms with Crippen LogP contribution in [-0.4, -0.2) is 34.4 Å². The Morgan fingerprint density at radius 3 is 2.29 bits per heavy atom. The predicted octanol–water partition coefficient (Wildman–Crippen LogP) is 5.31. The van der Waals surface area contributed by atoms with E-state index in [2.05, 4.69) is 39.9 Å². The van der Waals surface area contributed by atoms with Crippen LogP contribution in [0, 0.1) is 0 Å². The highest BCUT2D eigenvalue weighted by Gasteiger charge is 2.27. The van der Waals surface area contributed by atoms with Crippen LogP contribution in [0.1, 0.15) is 59.7 Å². The zero-order valence-electron chi connectivity index (χ0n) is 19.2. The van der Waals surface area contributed by atoms with Gasteiger partial charge in [0.1, 0.15) is 0 Å².